The molecule has 0 radical (unpaired) electrons. The number of halogens is 1. The third kappa shape index (κ3) is 8.47. The first kappa shape index (κ1) is 36.7. The zero-order chi connectivity index (χ0) is 34.7. The lowest BCUT2D eigenvalue weighted by Gasteiger charge is -2.42. The molecule has 4 bridgehead atoms. The molecule has 3 aliphatic rings. The number of carbonyl (C=O) groups excluding carboxylic acids is 3. The number of fused-ring (bicyclic) bond motifs is 5. The van der Waals surface area contributed by atoms with Crippen LogP contribution in [0, 0.1) is 5.92 Å². The molecule has 1 aromatic carbocycles. The maximum absolute atomic E-state index is 13.9. The summed E-state index contributed by atoms with van der Waals surface area (Å²) in [6.07, 6.45) is 2.39. The third-order valence-electron chi connectivity index (χ3n) is 9.21. The van der Waals surface area contributed by atoms with E-state index >= 15 is 0 Å². The zero-order valence-electron chi connectivity index (χ0n) is 28.5. The topological polar surface area (TPSA) is 139 Å². The molecule has 0 saturated carbocycles. The molecule has 7 unspecified atom stereocenters. The fourth-order valence-electron chi connectivity index (χ4n) is 6.36. The van der Waals surface area contributed by atoms with E-state index < -0.39 is 53.7 Å². The van der Waals surface area contributed by atoms with Crippen LogP contribution >= 0.6 is 11.6 Å². The van der Waals surface area contributed by atoms with Gasteiger partial charge in [0.2, 0.25) is 5.91 Å². The van der Waals surface area contributed by atoms with Crippen molar-refractivity contribution in [2.24, 2.45) is 5.92 Å². The van der Waals surface area contributed by atoms with E-state index in [1.54, 1.807) is 26.1 Å². The Morgan fingerprint density at radius 1 is 1.26 bits per heavy atom. The van der Waals surface area contributed by atoms with Crippen molar-refractivity contribution in [1.29, 1.82) is 0 Å². The smallest absolute Gasteiger partial charge is 0.409 e. The molecule has 3 aliphatic heterocycles. The molecule has 1 aromatic rings. The van der Waals surface area contributed by atoms with Gasteiger partial charge in [0.05, 0.1) is 25.3 Å². The Kier molecular flexibility index (Phi) is 11.7. The van der Waals surface area contributed by atoms with E-state index in [9.17, 15) is 19.5 Å². The lowest BCUT2D eigenvalue weighted by molar-refractivity contribution is -0.154. The summed E-state index contributed by atoms with van der Waals surface area (Å²) in [5.74, 6) is -0.830. The van der Waals surface area contributed by atoms with Crippen LogP contribution in [0.3, 0.4) is 0 Å². The summed E-state index contributed by atoms with van der Waals surface area (Å²) in [6.45, 7) is 6.26. The first-order chi connectivity index (χ1) is 22.1. The van der Waals surface area contributed by atoms with Gasteiger partial charge in [0.25, 0.3) is 0 Å². The van der Waals surface area contributed by atoms with Gasteiger partial charge in [-0.2, -0.15) is 0 Å². The monoisotopic (exact) mass is 677 g/mol. The summed E-state index contributed by atoms with van der Waals surface area (Å²) in [4.78, 5) is 43.1. The Hall–Kier alpha value is -3.16. The predicted molar refractivity (Wildman–Crippen MR) is 177 cm³/mol. The molecular formula is C34H48ClN3O9. The van der Waals surface area contributed by atoms with Crippen LogP contribution in [0.25, 0.3) is 0 Å². The maximum Gasteiger partial charge on any atom is 0.409 e. The van der Waals surface area contributed by atoms with E-state index in [4.69, 9.17) is 35.3 Å². The number of esters is 1. The van der Waals surface area contributed by atoms with Gasteiger partial charge in [-0.3, -0.25) is 14.9 Å². The van der Waals surface area contributed by atoms with Gasteiger partial charge in [0.15, 0.2) is 5.72 Å². The summed E-state index contributed by atoms with van der Waals surface area (Å²) >= 11 is 6.72. The number of nitrogens with one attached hydrogen (secondary N) is 1. The summed E-state index contributed by atoms with van der Waals surface area (Å²) < 4.78 is 29.0. The van der Waals surface area contributed by atoms with Crippen molar-refractivity contribution in [2.45, 2.75) is 88.6 Å². The first-order valence-corrected chi connectivity index (χ1v) is 16.2. The summed E-state index contributed by atoms with van der Waals surface area (Å²) in [7, 11) is 8.42. The van der Waals surface area contributed by atoms with Gasteiger partial charge in [-0.1, -0.05) is 42.3 Å². The molecule has 2 saturated heterocycles. The highest BCUT2D eigenvalue weighted by molar-refractivity contribution is 6.35. The Bertz CT molecular complexity index is 1400. The van der Waals surface area contributed by atoms with Crippen LogP contribution in [-0.2, 0) is 35.0 Å². The maximum atomic E-state index is 13.9. The minimum atomic E-state index is -1.77. The van der Waals surface area contributed by atoms with Crippen molar-refractivity contribution >= 4 is 35.3 Å². The number of methoxy groups -OCH3 is 2. The fraction of sp³-hybridized carbons (Fsp3) is 0.618. The number of hydrogen-bond donors (Lipinski definition) is 2. The summed E-state index contributed by atoms with van der Waals surface area (Å²) in [5, 5.41) is 14.4. The average molecular weight is 678 g/mol. The van der Waals surface area contributed by atoms with Crippen molar-refractivity contribution in [3.05, 3.63) is 46.5 Å². The van der Waals surface area contributed by atoms with Gasteiger partial charge in [-0.25, -0.2) is 4.79 Å². The van der Waals surface area contributed by atoms with E-state index in [-0.39, 0.29) is 30.2 Å². The number of allylic oxidation sites excluding steroid dienone is 3. The number of amides is 2. The molecule has 2 N–H and O–H groups in total. The molecule has 12 nitrogen and oxygen atoms in total. The van der Waals surface area contributed by atoms with E-state index in [2.05, 4.69) is 5.32 Å². The molecule has 0 spiro atoms. The predicted octanol–water partition coefficient (Wildman–Crippen LogP) is 4.01. The Morgan fingerprint density at radius 3 is 2.64 bits per heavy atom. The number of ether oxygens (including phenoxy) is 5. The second kappa shape index (κ2) is 14.9. The van der Waals surface area contributed by atoms with Crippen LogP contribution in [-0.4, -0.2) is 106 Å². The Balaban J connectivity index is 1.75. The van der Waals surface area contributed by atoms with Gasteiger partial charge in [0, 0.05) is 32.9 Å². The van der Waals surface area contributed by atoms with Crippen LogP contribution in [0.4, 0.5) is 10.5 Å². The van der Waals surface area contributed by atoms with Gasteiger partial charge in [-0.05, 0) is 65.0 Å². The second-order valence-electron chi connectivity index (χ2n) is 13.2. The van der Waals surface area contributed by atoms with Gasteiger partial charge < -0.3 is 38.6 Å². The second-order valence-corrected chi connectivity index (χ2v) is 13.6. The lowest BCUT2D eigenvalue weighted by atomic mass is 9.83. The van der Waals surface area contributed by atoms with Crippen LogP contribution < -0.4 is 15.0 Å². The highest BCUT2D eigenvalue weighted by Crippen LogP contribution is 2.49. The normalized spacial score (nSPS) is 33.2. The van der Waals surface area contributed by atoms with Gasteiger partial charge in [0.1, 0.15) is 34.7 Å². The Labute approximate surface area is 281 Å². The standard InChI is InChI=1S/C34H48ClN3O9/c1-20-11-9-12-26(44-8)34(42)19-25(45-32(41)36-34)21(2)31-33(3,47-31)27(46-29(40)13-10-14-37(4)5)18-28(39)38(6)23-16-22(15-20)17-24(43-7)30(23)35/h9,11-12,16-17,21,25-27,31,42H,10,13-15,18-19H2,1-8H3,(H,36,41)/b12-9+,20-11+. The van der Waals surface area contributed by atoms with Crippen molar-refractivity contribution in [3.8, 4) is 5.75 Å². The molecule has 4 rings (SSSR count). The highest BCUT2D eigenvalue weighted by Gasteiger charge is 2.64. The van der Waals surface area contributed by atoms with Crippen LogP contribution in [0.1, 0.15) is 52.0 Å². The highest BCUT2D eigenvalue weighted by atomic mass is 35.5. The number of epoxide rings is 1. The van der Waals surface area contributed by atoms with E-state index in [1.165, 1.54) is 19.1 Å². The number of nitrogens with zero attached hydrogens (tertiary/aromatic N) is 2. The lowest BCUT2D eigenvalue weighted by Crippen LogP contribution is -2.63. The molecule has 0 aliphatic carbocycles. The van der Waals surface area contributed by atoms with E-state index in [0.29, 0.717) is 30.8 Å². The number of benzene rings is 1. The molecule has 3 heterocycles. The number of aliphatic hydroxyl groups is 1. The molecule has 7 atom stereocenters. The van der Waals surface area contributed by atoms with Gasteiger partial charge in [-0.15, -0.1) is 0 Å². The molecule has 13 heteroatoms. The molecule has 2 fully saturated rings. The molecule has 47 heavy (non-hydrogen) atoms. The van der Waals surface area contributed by atoms with E-state index in [1.807, 2.05) is 51.1 Å². The number of rotatable bonds is 7. The SMILES string of the molecule is COc1cc2cc(c1Cl)N(C)C(=O)CC(OC(=O)CCCN(C)C)C1(C)OC1C(C)C1CC(O)(NC(=O)O1)C(OC)/C=C/C=C(\C)C2. The largest absolute Gasteiger partial charge is 0.495 e. The molecule has 0 aromatic heterocycles. The van der Waals surface area contributed by atoms with Crippen LogP contribution in [0.15, 0.2) is 35.9 Å². The molecular weight excluding hydrogens is 630 g/mol. The average Bonchev–Trinajstić information content (AvgIpc) is 3.70. The summed E-state index contributed by atoms with van der Waals surface area (Å²) in [5.41, 5.74) is -0.596. The minimum absolute atomic E-state index is 0.00216. The minimum Gasteiger partial charge on any atom is -0.495 e. The quantitative estimate of drug-likeness (QED) is 0.322. The van der Waals surface area contributed by atoms with E-state index in [0.717, 1.165) is 11.1 Å². The summed E-state index contributed by atoms with van der Waals surface area (Å²) in [6, 6.07) is 3.65. The fourth-order valence-corrected chi connectivity index (χ4v) is 6.68. The zero-order valence-corrected chi connectivity index (χ0v) is 29.3. The number of anilines is 1. The molecule has 260 valence electrons. The molecule has 2 amide bonds. The van der Waals surface area contributed by atoms with Crippen LogP contribution in [0.5, 0.6) is 5.75 Å². The van der Waals surface area contributed by atoms with Gasteiger partial charge >= 0.3 is 12.1 Å². The van der Waals surface area contributed by atoms with Crippen molar-refractivity contribution in [2.75, 3.05) is 46.8 Å². The first-order valence-electron chi connectivity index (χ1n) is 15.8. The van der Waals surface area contributed by atoms with Crippen molar-refractivity contribution < 1.29 is 43.2 Å². The number of carbonyl (C=O) groups is 3. The van der Waals surface area contributed by atoms with Crippen LogP contribution in [0.2, 0.25) is 5.02 Å². The number of alkyl carbamates (subject to hydrolysis) is 1. The Morgan fingerprint density at radius 2 is 1.98 bits per heavy atom. The number of hydrogen-bond acceptors (Lipinski definition) is 10. The van der Waals surface area contributed by atoms with Crippen molar-refractivity contribution in [1.82, 2.24) is 10.2 Å². The van der Waals surface area contributed by atoms with Crippen molar-refractivity contribution in [3.63, 3.8) is 0 Å². The third-order valence-corrected chi connectivity index (χ3v) is 9.59.